The van der Waals surface area contributed by atoms with Crippen LogP contribution in [0.25, 0.3) is 0 Å². The van der Waals surface area contributed by atoms with Crippen molar-refractivity contribution in [3.8, 4) is 0 Å². The van der Waals surface area contributed by atoms with Crippen LogP contribution in [0.5, 0.6) is 0 Å². The summed E-state index contributed by atoms with van der Waals surface area (Å²) < 4.78 is 45.2. The minimum Gasteiger partial charge on any atom is -0.481 e. The monoisotopic (exact) mass is 2000 g/mol. The number of hydroxylamine groups is 2. The van der Waals surface area contributed by atoms with Crippen molar-refractivity contribution in [1.29, 1.82) is 0 Å². The highest BCUT2D eigenvalue weighted by Gasteiger charge is 2.35. The number of imide groups is 1. The lowest BCUT2D eigenvalue weighted by Crippen LogP contribution is -2.32. The number of ether oxygens (including phenoxy) is 8. The Morgan fingerprint density at radius 3 is 0.959 bits per heavy atom. The summed E-state index contributed by atoms with van der Waals surface area (Å²) in [4.78, 5) is 61.6. The number of hydrogen-bond acceptors (Lipinski definition) is 18. The van der Waals surface area contributed by atoms with E-state index in [1.54, 1.807) is 12.1 Å². The molecule has 1 fully saturated rings. The van der Waals surface area contributed by atoms with E-state index in [0.29, 0.717) is 123 Å². The zero-order valence-electron chi connectivity index (χ0n) is 83.3. The van der Waals surface area contributed by atoms with Crippen molar-refractivity contribution in [2.24, 2.45) is 11.5 Å². The fourth-order valence-corrected chi connectivity index (χ4v) is 17.0. The van der Waals surface area contributed by atoms with Gasteiger partial charge in [-0.2, -0.15) is 0 Å². The molecule has 0 spiro atoms. The molecule has 0 saturated carbocycles. The summed E-state index contributed by atoms with van der Waals surface area (Å²) in [7, 11) is 0. The van der Waals surface area contributed by atoms with Crippen LogP contribution in [0.3, 0.4) is 0 Å². The lowest BCUT2D eigenvalue weighted by atomic mass is 9.85. The van der Waals surface area contributed by atoms with Gasteiger partial charge in [-0.1, -0.05) is 328 Å². The molecule has 7 unspecified atom stereocenters. The van der Waals surface area contributed by atoms with Crippen LogP contribution in [0.2, 0.25) is 0 Å². The van der Waals surface area contributed by atoms with E-state index in [1.165, 1.54) is 106 Å². The molecule has 7 atom stereocenters. The van der Waals surface area contributed by atoms with Gasteiger partial charge in [0, 0.05) is 122 Å². The van der Waals surface area contributed by atoms with Gasteiger partial charge in [-0.25, -0.2) is 4.79 Å². The summed E-state index contributed by atoms with van der Waals surface area (Å²) in [5, 5.41) is 29.1. The third-order valence-corrected chi connectivity index (χ3v) is 26.0. The molecule has 11 aromatic rings. The van der Waals surface area contributed by atoms with Crippen molar-refractivity contribution < 1.29 is 82.0 Å². The van der Waals surface area contributed by atoms with Gasteiger partial charge in [-0.05, 0) is 191 Å². The van der Waals surface area contributed by atoms with Crippen LogP contribution < -0.4 is 16.8 Å². The fourth-order valence-electron chi connectivity index (χ4n) is 16.8. The number of aliphatic carboxylic acids is 1. The minimum absolute atomic E-state index is 0. The minimum atomic E-state index is -0.808. The predicted molar refractivity (Wildman–Crippen MR) is 582 cm³/mol. The van der Waals surface area contributed by atoms with E-state index in [9.17, 15) is 24.0 Å². The highest BCUT2D eigenvalue weighted by Crippen LogP contribution is 2.42. The van der Waals surface area contributed by atoms with E-state index >= 15 is 0 Å². The molecule has 1 heterocycles. The molecule has 0 bridgehead atoms. The Kier molecular flexibility index (Phi) is 53.9. The Hall–Kier alpha value is -11.2. The number of carbonyl (C=O) groups excluding carboxylic acids is 4. The van der Waals surface area contributed by atoms with E-state index in [4.69, 9.17) is 81.1 Å². The maximum atomic E-state index is 12.1. The molecule has 19 rings (SSSR count). The molecule has 145 heavy (non-hydrogen) atoms. The smallest absolute Gasteiger partial charge is 0.363 e. The highest BCUT2D eigenvalue weighted by atomic mass is 35.5. The largest absolute Gasteiger partial charge is 0.481 e. The van der Waals surface area contributed by atoms with Crippen LogP contribution in [0.15, 0.2) is 267 Å². The van der Waals surface area contributed by atoms with Crippen molar-refractivity contribution in [1.82, 2.24) is 10.4 Å². The first-order chi connectivity index (χ1) is 68.5. The Morgan fingerprint density at radius 1 is 0.352 bits per heavy atom. The number of fused-ring (bicyclic) bond motifs is 7. The zero-order chi connectivity index (χ0) is 100. The van der Waals surface area contributed by atoms with Crippen molar-refractivity contribution in [2.75, 3.05) is 85.7 Å². The standard InChI is InChI=1S/C21H25NO2.C21H26O2.C14H15NO4.C11H15NO.C11H12O3.C11H14O2.C10H13Cl.C10H13NO.C10H12O2.4CH4/c1-15(2)16-8-10-17(11-9-16)21(23)22-12-5-13-24-20-14-18-6-3-4-7-19(18)20;1-16(2)18-10-8-17(9-11-18)15-22-12-5-13-23-21-14-19-6-3-4-7-20(19)21;1-9(2)10-3-5-11(6-4-10)14(18)19-15-12(16)7-8-13(15)17;12-6-3-7-13-11-8-9-4-1-2-5-10(9)11;12-11(13)5-6-14-10-7-8-3-1-2-4-9(8)10;12-6-3-7-13-11-8-9-4-1-2-5-10(9)11;1-8(2)10-5-3-9(7-11)4-6-10;2*11-5-6-12-10-7-8-3-1-2-4-9(8)10;;;;/h3-4,6-11,15,20H,5,12-14H2,1-2H3,(H,22,23);3-4,6-11,16,21H,5,12-15H2,1-2H3;3-6,9H,7-8H2,1-2H3;1-2,4-5,11H,3,6-8,12H2;1-4,10H,5-7H2,(H,12,13);1-2,4-5,11-12H,3,6-8H2;3-6,8H,7H2,1-2H3;1-4,10H,5-7,11H2;1-4,10-11H,5-7H2;4*1H4. The topological polar surface area (TPSA) is 296 Å². The molecule has 0 radical (unpaired) electrons. The number of carboxylic acid groups (broad SMARTS) is 1. The molecule has 8 aliphatic rings. The maximum Gasteiger partial charge on any atom is 0.363 e. The first-order valence-electron chi connectivity index (χ1n) is 50.1. The molecule has 3 amide bonds. The summed E-state index contributed by atoms with van der Waals surface area (Å²) in [6, 6.07) is 90.4. The molecule has 1 saturated heterocycles. The number of carbonyl (C=O) groups is 5. The van der Waals surface area contributed by atoms with Gasteiger partial charge < -0.3 is 74.8 Å². The predicted octanol–water partition coefficient (Wildman–Crippen LogP) is 25.1. The van der Waals surface area contributed by atoms with Crippen molar-refractivity contribution in [2.45, 2.75) is 254 Å². The molecule has 8 N–H and O–H groups in total. The normalized spacial score (nSPS) is 16.5. The Morgan fingerprint density at radius 2 is 0.648 bits per heavy atom. The number of benzene rings is 11. The van der Waals surface area contributed by atoms with E-state index in [-0.39, 0.29) is 92.5 Å². The van der Waals surface area contributed by atoms with Gasteiger partial charge in [0.2, 0.25) is 0 Å². The summed E-state index contributed by atoms with van der Waals surface area (Å²) in [5.74, 6) is 0.184. The number of aliphatic hydroxyl groups excluding tert-OH is 2. The van der Waals surface area contributed by atoms with Gasteiger partial charge in [-0.3, -0.25) is 19.2 Å². The lowest BCUT2D eigenvalue weighted by molar-refractivity contribution is -0.172. The molecule has 7 aliphatic carbocycles. The number of halogens is 1. The van der Waals surface area contributed by atoms with Gasteiger partial charge >= 0.3 is 11.9 Å². The quantitative estimate of drug-likeness (QED) is 0.0119. The molecule has 22 heteroatoms. The summed E-state index contributed by atoms with van der Waals surface area (Å²) in [6.07, 6.45) is 12.7. The summed E-state index contributed by atoms with van der Waals surface area (Å²) in [6.45, 7) is 25.2. The maximum absolute atomic E-state index is 12.1. The van der Waals surface area contributed by atoms with Gasteiger partial charge in [0.15, 0.2) is 0 Å². The molecular weight excluding hydrogens is 1840 g/mol. The second kappa shape index (κ2) is 64.7. The first-order valence-corrected chi connectivity index (χ1v) is 50.7. The number of alkyl halides is 1. The SMILES string of the molecule is C.C.C.C.CC(C)c1ccc(C(=O)NCCCOC2Cc3ccccc32)cc1.CC(C)c1ccc(C(=O)ON2C(=O)CCC2=O)cc1.CC(C)c1ccc(CCl)cc1.CC(C)c1ccc(COCCCOC2Cc3ccccc32)cc1.NCCCOC1Cc2ccccc21.NCCOC1Cc2ccccc21.O=C(O)CCOC1Cc2ccccc21.OCCCOC1Cc2ccccc21.OCCOC1Cc2ccccc21. The van der Waals surface area contributed by atoms with Crippen LogP contribution >= 0.6 is 11.6 Å². The average molecular weight is 2000 g/mol. The second-order valence-electron chi connectivity index (χ2n) is 37.2. The summed E-state index contributed by atoms with van der Waals surface area (Å²) in [5.41, 5.74) is 38.2. The van der Waals surface area contributed by atoms with Gasteiger partial charge in [-0.15, -0.1) is 16.7 Å². The number of nitrogens with two attached hydrogens (primary N) is 2. The fraction of sp³-hybridized carbons (Fsp3) is 0.423. The van der Waals surface area contributed by atoms with Crippen LogP contribution in [0, 0.1) is 0 Å². The number of amides is 3. The molecule has 782 valence electrons. The van der Waals surface area contributed by atoms with Gasteiger partial charge in [0.05, 0.1) is 87.7 Å². The Labute approximate surface area is 868 Å². The molecule has 1 aliphatic heterocycles. The third-order valence-electron chi connectivity index (χ3n) is 25.6. The molecule has 21 nitrogen and oxygen atoms in total. The van der Waals surface area contributed by atoms with E-state index < -0.39 is 23.8 Å². The summed E-state index contributed by atoms with van der Waals surface area (Å²) >= 11 is 5.66. The van der Waals surface area contributed by atoms with Gasteiger partial charge in [0.25, 0.3) is 17.7 Å². The number of hydrogen-bond donors (Lipinski definition) is 6. The number of rotatable bonds is 38. The zero-order valence-corrected chi connectivity index (χ0v) is 84.1. The molecule has 11 aromatic carbocycles. The average Bonchev–Trinajstić information content (AvgIpc) is 1.63. The van der Waals surface area contributed by atoms with E-state index in [0.717, 1.165) is 96.0 Å². The van der Waals surface area contributed by atoms with Gasteiger partial charge in [0.1, 0.15) is 0 Å². The Balaban J connectivity index is 0.000000223. The number of carboxylic acids is 1. The van der Waals surface area contributed by atoms with E-state index in [1.807, 2.05) is 72.8 Å². The van der Waals surface area contributed by atoms with Crippen molar-refractivity contribution >= 4 is 41.3 Å². The lowest BCUT2D eigenvalue weighted by Gasteiger charge is -2.29. The number of nitrogens with one attached hydrogen (secondary N) is 1. The number of aliphatic hydroxyl groups is 2. The molecular formula is C123H161ClN4O17. The van der Waals surface area contributed by atoms with Crippen LogP contribution in [0.1, 0.15) is 328 Å². The Bertz CT molecular complexity index is 5500. The molecule has 0 aromatic heterocycles. The van der Waals surface area contributed by atoms with Crippen LogP contribution in [-0.4, -0.2) is 136 Å². The first kappa shape index (κ1) is 121. The highest BCUT2D eigenvalue weighted by molar-refractivity contribution is 6.17. The number of nitrogens with zero attached hydrogens (tertiary/aromatic N) is 1. The van der Waals surface area contributed by atoms with E-state index in [2.05, 4.69) is 243 Å². The third kappa shape index (κ3) is 37.6. The second-order valence-corrected chi connectivity index (χ2v) is 37.4. The van der Waals surface area contributed by atoms with Crippen molar-refractivity contribution in [3.05, 3.63) is 389 Å². The van der Waals surface area contributed by atoms with Crippen LogP contribution in [-0.2, 0) is 115 Å². The van der Waals surface area contributed by atoms with Crippen molar-refractivity contribution in [3.63, 3.8) is 0 Å². The van der Waals surface area contributed by atoms with Crippen LogP contribution in [0.4, 0.5) is 0 Å².